The van der Waals surface area contributed by atoms with E-state index < -0.39 is 0 Å². The fourth-order valence-electron chi connectivity index (χ4n) is 3.09. The van der Waals surface area contributed by atoms with Crippen molar-refractivity contribution in [2.75, 3.05) is 5.75 Å². The molecule has 1 aromatic rings. The van der Waals surface area contributed by atoms with Gasteiger partial charge in [0.25, 0.3) is 0 Å². The summed E-state index contributed by atoms with van der Waals surface area (Å²) < 4.78 is 0. The van der Waals surface area contributed by atoms with Gasteiger partial charge in [-0.1, -0.05) is 30.3 Å². The molecule has 1 aliphatic rings. The van der Waals surface area contributed by atoms with E-state index in [1.165, 1.54) is 5.56 Å². The number of hydrogen-bond donors (Lipinski definition) is 2. The van der Waals surface area contributed by atoms with Gasteiger partial charge in [-0.15, -0.1) is 0 Å². The van der Waals surface area contributed by atoms with E-state index in [4.69, 9.17) is 5.73 Å². The molecule has 1 aliphatic heterocycles. The van der Waals surface area contributed by atoms with E-state index in [0.29, 0.717) is 24.0 Å². The molecule has 1 heterocycles. The highest BCUT2D eigenvalue weighted by Crippen LogP contribution is 2.29. The lowest BCUT2D eigenvalue weighted by molar-refractivity contribution is 0.0459. The van der Waals surface area contributed by atoms with Gasteiger partial charge in [-0.3, -0.25) is 4.90 Å². The number of rotatable bonds is 3. The monoisotopic (exact) mass is 264 g/mol. The summed E-state index contributed by atoms with van der Waals surface area (Å²) in [6.07, 6.45) is 1.07. The molecular weight excluding hydrogens is 240 g/mol. The number of likely N-dealkylation sites (tertiary alicyclic amines) is 1. The highest BCUT2D eigenvalue weighted by atomic mass is 32.1. The predicted molar refractivity (Wildman–Crippen MR) is 80.8 cm³/mol. The zero-order valence-electron chi connectivity index (χ0n) is 11.3. The minimum Gasteiger partial charge on any atom is -0.327 e. The molecule has 18 heavy (non-hydrogen) atoms. The topological polar surface area (TPSA) is 29.3 Å². The van der Waals surface area contributed by atoms with Gasteiger partial charge < -0.3 is 5.73 Å². The quantitative estimate of drug-likeness (QED) is 0.822. The third-order valence-electron chi connectivity index (χ3n) is 4.29. The van der Waals surface area contributed by atoms with Crippen molar-refractivity contribution in [3.8, 4) is 0 Å². The lowest BCUT2D eigenvalue weighted by Gasteiger charge is -2.46. The smallest absolute Gasteiger partial charge is 0.0239 e. The van der Waals surface area contributed by atoms with Crippen LogP contribution < -0.4 is 5.73 Å². The molecule has 0 amide bonds. The lowest BCUT2D eigenvalue weighted by Crippen LogP contribution is -2.56. The Morgan fingerprint density at radius 1 is 1.28 bits per heavy atom. The van der Waals surface area contributed by atoms with Crippen LogP contribution in [0.3, 0.4) is 0 Å². The van der Waals surface area contributed by atoms with Crippen LogP contribution in [-0.2, 0) is 6.54 Å². The van der Waals surface area contributed by atoms with Gasteiger partial charge in [0.2, 0.25) is 0 Å². The molecule has 4 atom stereocenters. The molecule has 2 rings (SSSR count). The molecule has 0 bridgehead atoms. The first kappa shape index (κ1) is 13.9. The summed E-state index contributed by atoms with van der Waals surface area (Å²) in [4.78, 5) is 2.57. The predicted octanol–water partition coefficient (Wildman–Crippen LogP) is 2.54. The van der Waals surface area contributed by atoms with Crippen molar-refractivity contribution in [2.45, 2.75) is 44.9 Å². The van der Waals surface area contributed by atoms with Crippen molar-refractivity contribution in [1.29, 1.82) is 0 Å². The van der Waals surface area contributed by atoms with E-state index in [9.17, 15) is 0 Å². The molecule has 2 nitrogen and oxygen atoms in total. The summed E-state index contributed by atoms with van der Waals surface area (Å²) in [5.74, 6) is 1.37. The Bertz CT molecular complexity index is 368. The molecule has 1 aromatic carbocycles. The number of nitrogens with zero attached hydrogens (tertiary/aromatic N) is 1. The molecule has 1 fully saturated rings. The SMILES string of the molecule is CC1CC(N)C(CS)C(C)N1Cc1ccccc1. The molecule has 0 aliphatic carbocycles. The molecule has 100 valence electrons. The van der Waals surface area contributed by atoms with E-state index >= 15 is 0 Å². The molecule has 3 heteroatoms. The zero-order valence-corrected chi connectivity index (χ0v) is 12.2. The van der Waals surface area contributed by atoms with Gasteiger partial charge in [0.05, 0.1) is 0 Å². The van der Waals surface area contributed by atoms with Crippen LogP contribution in [0.2, 0.25) is 0 Å². The number of hydrogen-bond acceptors (Lipinski definition) is 3. The Morgan fingerprint density at radius 2 is 1.94 bits per heavy atom. The second kappa shape index (κ2) is 6.09. The minimum atomic E-state index is 0.291. The second-order valence-electron chi connectivity index (χ2n) is 5.49. The maximum atomic E-state index is 6.25. The number of nitrogens with two attached hydrogens (primary N) is 1. The Labute approximate surface area is 116 Å². The minimum absolute atomic E-state index is 0.291. The molecule has 0 spiro atoms. The lowest BCUT2D eigenvalue weighted by atomic mass is 9.83. The summed E-state index contributed by atoms with van der Waals surface area (Å²) in [7, 11) is 0. The standard InChI is InChI=1S/C15H24N2S/c1-11-8-15(16)14(10-18)12(2)17(11)9-13-6-4-3-5-7-13/h3-7,11-12,14-15,18H,8-10,16H2,1-2H3. The van der Waals surface area contributed by atoms with Crippen molar-refractivity contribution in [3.63, 3.8) is 0 Å². The van der Waals surface area contributed by atoms with Crippen LogP contribution in [0.15, 0.2) is 30.3 Å². The van der Waals surface area contributed by atoms with Crippen LogP contribution in [0.1, 0.15) is 25.8 Å². The summed E-state index contributed by atoms with van der Waals surface area (Å²) in [5, 5.41) is 0. The average Bonchev–Trinajstić information content (AvgIpc) is 2.36. The van der Waals surface area contributed by atoms with Gasteiger partial charge in [0, 0.05) is 24.7 Å². The third-order valence-corrected chi connectivity index (χ3v) is 4.71. The van der Waals surface area contributed by atoms with E-state index in [1.54, 1.807) is 0 Å². The highest BCUT2D eigenvalue weighted by Gasteiger charge is 2.36. The Balaban J connectivity index is 2.11. The van der Waals surface area contributed by atoms with Crippen LogP contribution in [0.4, 0.5) is 0 Å². The van der Waals surface area contributed by atoms with E-state index in [1.807, 2.05) is 0 Å². The Kier molecular flexibility index (Phi) is 4.71. The van der Waals surface area contributed by atoms with Crippen molar-refractivity contribution >= 4 is 12.6 Å². The molecule has 1 saturated heterocycles. The summed E-state index contributed by atoms with van der Waals surface area (Å²) >= 11 is 4.47. The van der Waals surface area contributed by atoms with Crippen molar-refractivity contribution in [3.05, 3.63) is 35.9 Å². The first-order valence-electron chi connectivity index (χ1n) is 6.79. The second-order valence-corrected chi connectivity index (χ2v) is 5.86. The summed E-state index contributed by atoms with van der Waals surface area (Å²) in [5.41, 5.74) is 7.63. The number of benzene rings is 1. The van der Waals surface area contributed by atoms with Crippen LogP contribution in [-0.4, -0.2) is 28.8 Å². The molecule has 0 radical (unpaired) electrons. The van der Waals surface area contributed by atoms with Gasteiger partial charge in [0.1, 0.15) is 0 Å². The molecule has 2 N–H and O–H groups in total. The van der Waals surface area contributed by atoms with Gasteiger partial charge in [-0.05, 0) is 37.5 Å². The van der Waals surface area contributed by atoms with Crippen LogP contribution in [0.25, 0.3) is 0 Å². The molecule has 0 aromatic heterocycles. The van der Waals surface area contributed by atoms with Crippen LogP contribution in [0, 0.1) is 5.92 Å². The maximum absolute atomic E-state index is 6.25. The van der Waals surface area contributed by atoms with Gasteiger partial charge in [-0.2, -0.15) is 12.6 Å². The van der Waals surface area contributed by atoms with Crippen LogP contribution in [0.5, 0.6) is 0 Å². The largest absolute Gasteiger partial charge is 0.327 e. The molecule has 0 saturated carbocycles. The Hall–Kier alpha value is -0.510. The average molecular weight is 264 g/mol. The zero-order chi connectivity index (χ0) is 13.1. The van der Waals surface area contributed by atoms with Crippen molar-refractivity contribution < 1.29 is 0 Å². The first-order chi connectivity index (χ1) is 8.63. The van der Waals surface area contributed by atoms with Gasteiger partial charge in [0.15, 0.2) is 0 Å². The van der Waals surface area contributed by atoms with Gasteiger partial charge in [-0.25, -0.2) is 0 Å². The highest BCUT2D eigenvalue weighted by molar-refractivity contribution is 7.80. The molecule has 4 unspecified atom stereocenters. The summed E-state index contributed by atoms with van der Waals surface area (Å²) in [6.45, 7) is 5.59. The van der Waals surface area contributed by atoms with Gasteiger partial charge >= 0.3 is 0 Å². The van der Waals surface area contributed by atoms with Crippen LogP contribution >= 0.6 is 12.6 Å². The number of thiol groups is 1. The van der Waals surface area contributed by atoms with E-state index in [-0.39, 0.29) is 0 Å². The normalized spacial score (nSPS) is 33.6. The fourth-order valence-corrected chi connectivity index (χ4v) is 3.67. The number of piperidine rings is 1. The summed E-state index contributed by atoms with van der Waals surface area (Å²) in [6, 6.07) is 12.0. The molecular formula is C15H24N2S. The van der Waals surface area contributed by atoms with Crippen molar-refractivity contribution in [2.24, 2.45) is 11.7 Å². The fraction of sp³-hybridized carbons (Fsp3) is 0.600. The third kappa shape index (κ3) is 2.90. The van der Waals surface area contributed by atoms with E-state index in [2.05, 4.69) is 61.7 Å². The maximum Gasteiger partial charge on any atom is 0.0239 e. The van der Waals surface area contributed by atoms with E-state index in [0.717, 1.165) is 18.7 Å². The van der Waals surface area contributed by atoms with Crippen molar-refractivity contribution in [1.82, 2.24) is 4.90 Å². The Morgan fingerprint density at radius 3 is 2.56 bits per heavy atom. The first-order valence-corrected chi connectivity index (χ1v) is 7.42.